The molecule has 0 bridgehead atoms. The van der Waals surface area contributed by atoms with Gasteiger partial charge in [-0.25, -0.2) is 0 Å². The molecule has 1 spiro atoms. The van der Waals surface area contributed by atoms with Crippen LogP contribution >= 0.6 is 0 Å². The number of hydrogen-bond donors (Lipinski definition) is 0. The smallest absolute Gasteiger partial charge is 0.143 e. The second-order valence-electron chi connectivity index (χ2n) is 9.69. The van der Waals surface area contributed by atoms with Crippen LogP contribution in [-0.2, 0) is 9.53 Å². The Morgan fingerprint density at radius 1 is 1.23 bits per heavy atom. The predicted octanol–water partition coefficient (Wildman–Crippen LogP) is 4.92. The summed E-state index contributed by atoms with van der Waals surface area (Å²) in [5.74, 6) is 1.08. The molecule has 0 saturated heterocycles. The Bertz CT molecular complexity index is 520. The van der Waals surface area contributed by atoms with Gasteiger partial charge in [0.2, 0.25) is 0 Å². The fraction of sp³-hybridized carbons (Fsp3) is 0.850. The van der Waals surface area contributed by atoms with E-state index in [0.717, 1.165) is 25.7 Å². The van der Waals surface area contributed by atoms with Gasteiger partial charge in [-0.1, -0.05) is 46.6 Å². The molecule has 2 saturated carbocycles. The number of rotatable bonds is 2. The molecule has 3 unspecified atom stereocenters. The summed E-state index contributed by atoms with van der Waals surface area (Å²) in [6, 6.07) is 0. The fourth-order valence-electron chi connectivity index (χ4n) is 5.65. The summed E-state index contributed by atoms with van der Waals surface area (Å²) in [6.45, 7) is 11.3. The van der Waals surface area contributed by atoms with E-state index in [4.69, 9.17) is 4.74 Å². The first-order valence-corrected chi connectivity index (χ1v) is 8.90. The SMILES string of the molecule is COC(C1=C2CC(C)(C)CC(=O)C23CCCC3C1)C(C)(C)C. The van der Waals surface area contributed by atoms with Crippen LogP contribution < -0.4 is 0 Å². The van der Waals surface area contributed by atoms with Crippen molar-refractivity contribution in [1.29, 1.82) is 0 Å². The number of Topliss-reactive ketones (excluding diaryl/α,β-unsaturated/α-hetero) is 1. The molecule has 3 aliphatic rings. The zero-order valence-corrected chi connectivity index (χ0v) is 15.2. The first-order valence-electron chi connectivity index (χ1n) is 8.90. The molecule has 124 valence electrons. The first-order chi connectivity index (χ1) is 10.1. The highest BCUT2D eigenvalue weighted by Crippen LogP contribution is 2.64. The number of ether oxygens (including phenoxy) is 1. The summed E-state index contributed by atoms with van der Waals surface area (Å²) < 4.78 is 5.94. The normalized spacial score (nSPS) is 35.5. The molecule has 0 radical (unpaired) electrons. The Hall–Kier alpha value is -0.630. The molecule has 0 heterocycles. The van der Waals surface area contributed by atoms with Gasteiger partial charge in [0.05, 0.1) is 11.5 Å². The van der Waals surface area contributed by atoms with Crippen LogP contribution in [0.5, 0.6) is 0 Å². The van der Waals surface area contributed by atoms with Gasteiger partial charge < -0.3 is 4.74 Å². The number of hydrogen-bond acceptors (Lipinski definition) is 2. The number of allylic oxidation sites excluding steroid dienone is 1. The van der Waals surface area contributed by atoms with Gasteiger partial charge in [0.15, 0.2) is 0 Å². The lowest BCUT2D eigenvalue weighted by Gasteiger charge is -2.43. The average Bonchev–Trinajstić information content (AvgIpc) is 2.87. The van der Waals surface area contributed by atoms with E-state index in [1.54, 1.807) is 0 Å². The molecule has 0 N–H and O–H groups in total. The molecule has 0 amide bonds. The average molecular weight is 304 g/mol. The van der Waals surface area contributed by atoms with E-state index < -0.39 is 0 Å². The Morgan fingerprint density at radius 3 is 2.50 bits per heavy atom. The van der Waals surface area contributed by atoms with Gasteiger partial charge >= 0.3 is 0 Å². The Kier molecular flexibility index (Phi) is 3.64. The summed E-state index contributed by atoms with van der Waals surface area (Å²) in [6.07, 6.45) is 6.61. The van der Waals surface area contributed by atoms with Crippen LogP contribution in [0.25, 0.3) is 0 Å². The van der Waals surface area contributed by atoms with Crippen molar-refractivity contribution >= 4 is 5.78 Å². The summed E-state index contributed by atoms with van der Waals surface area (Å²) in [4.78, 5) is 13.1. The molecular formula is C20H32O2. The second kappa shape index (κ2) is 4.93. The molecule has 0 aromatic carbocycles. The number of methoxy groups -OCH3 is 1. The van der Waals surface area contributed by atoms with Crippen molar-refractivity contribution in [3.05, 3.63) is 11.1 Å². The lowest BCUT2D eigenvalue weighted by molar-refractivity contribution is -0.132. The number of ketones is 1. The first kappa shape index (κ1) is 16.2. The minimum absolute atomic E-state index is 0.0849. The molecule has 3 atom stereocenters. The summed E-state index contributed by atoms with van der Waals surface area (Å²) in [7, 11) is 1.83. The molecule has 0 aromatic heterocycles. The molecule has 3 rings (SSSR count). The Labute approximate surface area is 135 Å². The maximum absolute atomic E-state index is 13.1. The molecule has 3 aliphatic carbocycles. The summed E-state index contributed by atoms with van der Waals surface area (Å²) in [5, 5.41) is 0. The molecule has 2 nitrogen and oxygen atoms in total. The second-order valence-corrected chi connectivity index (χ2v) is 9.69. The topological polar surface area (TPSA) is 26.3 Å². The third-order valence-electron chi connectivity index (χ3n) is 6.34. The fourth-order valence-corrected chi connectivity index (χ4v) is 5.65. The van der Waals surface area contributed by atoms with Crippen LogP contribution in [0.1, 0.15) is 73.1 Å². The van der Waals surface area contributed by atoms with E-state index in [0.29, 0.717) is 11.7 Å². The van der Waals surface area contributed by atoms with Crippen molar-refractivity contribution in [2.75, 3.05) is 7.11 Å². The van der Waals surface area contributed by atoms with Crippen molar-refractivity contribution in [3.63, 3.8) is 0 Å². The van der Waals surface area contributed by atoms with Crippen LogP contribution in [-0.4, -0.2) is 19.0 Å². The highest BCUT2D eigenvalue weighted by molar-refractivity contribution is 5.91. The van der Waals surface area contributed by atoms with E-state index in [2.05, 4.69) is 34.6 Å². The lowest BCUT2D eigenvalue weighted by Crippen LogP contribution is -2.42. The van der Waals surface area contributed by atoms with Crippen LogP contribution in [0.2, 0.25) is 0 Å². The van der Waals surface area contributed by atoms with Gasteiger partial charge in [-0.2, -0.15) is 0 Å². The van der Waals surface area contributed by atoms with Gasteiger partial charge in [-0.05, 0) is 48.0 Å². The van der Waals surface area contributed by atoms with E-state index in [1.807, 2.05) is 7.11 Å². The van der Waals surface area contributed by atoms with Crippen molar-refractivity contribution in [1.82, 2.24) is 0 Å². The maximum Gasteiger partial charge on any atom is 0.143 e. The largest absolute Gasteiger partial charge is 0.377 e. The number of carbonyl (C=O) groups excluding carboxylic acids is 1. The predicted molar refractivity (Wildman–Crippen MR) is 89.7 cm³/mol. The molecule has 2 fully saturated rings. The Morgan fingerprint density at radius 2 is 1.91 bits per heavy atom. The molecule has 22 heavy (non-hydrogen) atoms. The quantitative estimate of drug-likeness (QED) is 0.677. The summed E-state index contributed by atoms with van der Waals surface area (Å²) >= 11 is 0. The van der Waals surface area contributed by atoms with Gasteiger partial charge in [-0.15, -0.1) is 0 Å². The van der Waals surface area contributed by atoms with Gasteiger partial charge in [-0.3, -0.25) is 4.79 Å². The monoisotopic (exact) mass is 304 g/mol. The number of carbonyl (C=O) groups is 1. The van der Waals surface area contributed by atoms with E-state index >= 15 is 0 Å². The van der Waals surface area contributed by atoms with Crippen molar-refractivity contribution in [2.24, 2.45) is 22.2 Å². The highest BCUT2D eigenvalue weighted by Gasteiger charge is 2.60. The van der Waals surface area contributed by atoms with Crippen LogP contribution in [0.4, 0.5) is 0 Å². The third-order valence-corrected chi connectivity index (χ3v) is 6.34. The van der Waals surface area contributed by atoms with E-state index in [-0.39, 0.29) is 22.3 Å². The van der Waals surface area contributed by atoms with Crippen LogP contribution in [0.3, 0.4) is 0 Å². The van der Waals surface area contributed by atoms with Crippen molar-refractivity contribution < 1.29 is 9.53 Å². The van der Waals surface area contributed by atoms with Crippen molar-refractivity contribution in [3.8, 4) is 0 Å². The molecule has 0 aliphatic heterocycles. The molecule has 0 aromatic rings. The molecular weight excluding hydrogens is 272 g/mol. The van der Waals surface area contributed by atoms with Crippen molar-refractivity contribution in [2.45, 2.75) is 79.2 Å². The zero-order chi connectivity index (χ0) is 16.3. The standard InChI is InChI=1S/C20H32O2/c1-18(2,3)17(22-6)14-10-13-8-7-9-20(13)15(14)11-19(4,5)12-16(20)21/h13,17H,7-12H2,1-6H3. The minimum atomic E-state index is -0.104. The van der Waals surface area contributed by atoms with E-state index in [1.165, 1.54) is 24.0 Å². The Balaban J connectivity index is 2.12. The highest BCUT2D eigenvalue weighted by atomic mass is 16.5. The van der Waals surface area contributed by atoms with Gasteiger partial charge in [0.1, 0.15) is 5.78 Å². The zero-order valence-electron chi connectivity index (χ0n) is 15.2. The summed E-state index contributed by atoms with van der Waals surface area (Å²) in [5.41, 5.74) is 3.05. The third kappa shape index (κ3) is 2.21. The lowest BCUT2D eigenvalue weighted by atomic mass is 9.59. The van der Waals surface area contributed by atoms with Gasteiger partial charge in [0.25, 0.3) is 0 Å². The minimum Gasteiger partial charge on any atom is -0.377 e. The van der Waals surface area contributed by atoms with Crippen LogP contribution in [0, 0.1) is 22.2 Å². The maximum atomic E-state index is 13.1. The van der Waals surface area contributed by atoms with Gasteiger partial charge in [0, 0.05) is 13.5 Å². The van der Waals surface area contributed by atoms with E-state index in [9.17, 15) is 4.79 Å². The molecule has 2 heteroatoms. The van der Waals surface area contributed by atoms with Crippen LogP contribution in [0.15, 0.2) is 11.1 Å².